The third-order valence-electron chi connectivity index (χ3n) is 4.10. The van der Waals surface area contributed by atoms with Crippen molar-refractivity contribution >= 4 is 21.9 Å². The van der Waals surface area contributed by atoms with Crippen LogP contribution in [-0.2, 0) is 13.1 Å². The van der Waals surface area contributed by atoms with Crippen molar-refractivity contribution in [1.29, 1.82) is 0 Å². The van der Waals surface area contributed by atoms with Gasteiger partial charge in [0, 0.05) is 19.2 Å². The standard InChI is InChI=1S/C17H15F4N3O2/c1-3-5-23-15-11(16(25)24(6-4-2)17(23)26)13(20)10-9(22-15)7-8(18)12(19)14(10)21/h7H,3-6H2,1-2H3. The molecule has 0 aliphatic rings. The van der Waals surface area contributed by atoms with Crippen molar-refractivity contribution in [2.45, 2.75) is 39.8 Å². The van der Waals surface area contributed by atoms with Gasteiger partial charge in [0.15, 0.2) is 28.9 Å². The van der Waals surface area contributed by atoms with Crippen LogP contribution in [0.4, 0.5) is 17.6 Å². The topological polar surface area (TPSA) is 56.9 Å². The fourth-order valence-electron chi connectivity index (χ4n) is 2.96. The molecule has 0 atom stereocenters. The minimum Gasteiger partial charge on any atom is -0.277 e. The van der Waals surface area contributed by atoms with E-state index in [2.05, 4.69) is 4.98 Å². The number of aromatic nitrogens is 3. The Morgan fingerprint density at radius 2 is 1.50 bits per heavy atom. The molecule has 3 rings (SSSR count). The molecule has 0 saturated heterocycles. The Morgan fingerprint density at radius 3 is 2.12 bits per heavy atom. The lowest BCUT2D eigenvalue weighted by Gasteiger charge is -2.14. The van der Waals surface area contributed by atoms with Crippen molar-refractivity contribution < 1.29 is 17.6 Å². The summed E-state index contributed by atoms with van der Waals surface area (Å²) in [6.07, 6.45) is 0.913. The molecule has 0 unspecified atom stereocenters. The Kier molecular flexibility index (Phi) is 4.55. The summed E-state index contributed by atoms with van der Waals surface area (Å²) in [6.45, 7) is 3.66. The number of nitrogens with zero attached hydrogens (tertiary/aromatic N) is 3. The van der Waals surface area contributed by atoms with E-state index in [4.69, 9.17) is 0 Å². The zero-order valence-electron chi connectivity index (χ0n) is 14.1. The molecule has 0 radical (unpaired) electrons. The predicted octanol–water partition coefficient (Wildman–Crippen LogP) is 3.09. The summed E-state index contributed by atoms with van der Waals surface area (Å²) in [6, 6.07) is 0.536. The summed E-state index contributed by atoms with van der Waals surface area (Å²) < 4.78 is 58.0. The average Bonchev–Trinajstić information content (AvgIpc) is 2.59. The highest BCUT2D eigenvalue weighted by atomic mass is 19.2. The van der Waals surface area contributed by atoms with Gasteiger partial charge in [-0.2, -0.15) is 0 Å². The van der Waals surface area contributed by atoms with E-state index in [1.54, 1.807) is 13.8 Å². The summed E-state index contributed by atoms with van der Waals surface area (Å²) in [4.78, 5) is 29.1. The van der Waals surface area contributed by atoms with Gasteiger partial charge >= 0.3 is 5.69 Å². The Balaban J connectivity index is 2.63. The first-order valence-electron chi connectivity index (χ1n) is 8.13. The van der Waals surface area contributed by atoms with Crippen molar-refractivity contribution in [2.75, 3.05) is 0 Å². The fourth-order valence-corrected chi connectivity index (χ4v) is 2.96. The number of halogens is 4. The molecule has 0 fully saturated rings. The maximum Gasteiger partial charge on any atom is 0.332 e. The number of pyridine rings is 1. The van der Waals surface area contributed by atoms with Gasteiger partial charge in [0.1, 0.15) is 5.39 Å². The quantitative estimate of drug-likeness (QED) is 0.403. The summed E-state index contributed by atoms with van der Waals surface area (Å²) in [7, 11) is 0. The van der Waals surface area contributed by atoms with Crippen molar-refractivity contribution in [2.24, 2.45) is 0 Å². The summed E-state index contributed by atoms with van der Waals surface area (Å²) >= 11 is 0. The molecule has 2 heterocycles. The van der Waals surface area contributed by atoms with Crippen LogP contribution in [0, 0.1) is 23.3 Å². The molecular weight excluding hydrogens is 354 g/mol. The number of fused-ring (bicyclic) bond motifs is 2. The second kappa shape index (κ2) is 6.54. The fraction of sp³-hybridized carbons (Fsp3) is 0.353. The second-order valence-corrected chi connectivity index (χ2v) is 5.90. The first-order chi connectivity index (χ1) is 12.3. The highest BCUT2D eigenvalue weighted by Gasteiger charge is 2.24. The zero-order valence-corrected chi connectivity index (χ0v) is 14.1. The molecule has 26 heavy (non-hydrogen) atoms. The summed E-state index contributed by atoms with van der Waals surface area (Å²) in [5, 5.41) is -1.54. The van der Waals surface area contributed by atoms with Gasteiger partial charge in [-0.25, -0.2) is 27.3 Å². The van der Waals surface area contributed by atoms with E-state index in [1.165, 1.54) is 0 Å². The molecule has 0 amide bonds. The first kappa shape index (κ1) is 18.1. The van der Waals surface area contributed by atoms with Gasteiger partial charge in [0.25, 0.3) is 5.56 Å². The molecule has 138 valence electrons. The summed E-state index contributed by atoms with van der Waals surface area (Å²) in [5.41, 5.74) is -2.48. The van der Waals surface area contributed by atoms with Crippen molar-refractivity contribution in [1.82, 2.24) is 14.1 Å². The number of rotatable bonds is 4. The van der Waals surface area contributed by atoms with Crippen LogP contribution in [-0.4, -0.2) is 14.1 Å². The lowest BCUT2D eigenvalue weighted by atomic mass is 10.1. The molecule has 0 N–H and O–H groups in total. The lowest BCUT2D eigenvalue weighted by Crippen LogP contribution is -2.40. The van der Waals surface area contributed by atoms with Crippen LogP contribution in [0.3, 0.4) is 0 Å². The third-order valence-corrected chi connectivity index (χ3v) is 4.10. The highest BCUT2D eigenvalue weighted by molar-refractivity contribution is 5.92. The SMILES string of the molecule is CCCn1c(=O)c2c(F)c3c(F)c(F)c(F)cc3nc2n(CCC)c1=O. The molecule has 1 aromatic carbocycles. The smallest absolute Gasteiger partial charge is 0.277 e. The minimum absolute atomic E-state index is 0.0368. The van der Waals surface area contributed by atoms with Crippen LogP contribution < -0.4 is 11.2 Å². The van der Waals surface area contributed by atoms with Crippen LogP contribution in [0.5, 0.6) is 0 Å². The average molecular weight is 369 g/mol. The molecule has 2 aromatic heterocycles. The van der Waals surface area contributed by atoms with E-state index >= 15 is 0 Å². The van der Waals surface area contributed by atoms with E-state index in [1.807, 2.05) is 0 Å². The van der Waals surface area contributed by atoms with Gasteiger partial charge in [-0.3, -0.25) is 13.9 Å². The Bertz CT molecular complexity index is 1150. The second-order valence-electron chi connectivity index (χ2n) is 5.90. The van der Waals surface area contributed by atoms with Crippen LogP contribution in [0.15, 0.2) is 15.7 Å². The van der Waals surface area contributed by atoms with Crippen molar-refractivity contribution in [3.05, 3.63) is 50.2 Å². The monoisotopic (exact) mass is 369 g/mol. The molecule has 5 nitrogen and oxygen atoms in total. The number of hydrogen-bond acceptors (Lipinski definition) is 3. The highest BCUT2D eigenvalue weighted by Crippen LogP contribution is 2.27. The molecule has 0 aliphatic carbocycles. The van der Waals surface area contributed by atoms with Gasteiger partial charge < -0.3 is 0 Å². The Labute approximate surface area is 144 Å². The minimum atomic E-state index is -1.85. The van der Waals surface area contributed by atoms with E-state index < -0.39 is 50.8 Å². The maximum atomic E-state index is 15.0. The van der Waals surface area contributed by atoms with Crippen molar-refractivity contribution in [3.63, 3.8) is 0 Å². The van der Waals surface area contributed by atoms with Crippen molar-refractivity contribution in [3.8, 4) is 0 Å². The van der Waals surface area contributed by atoms with Crippen LogP contribution in [0.25, 0.3) is 21.9 Å². The van der Waals surface area contributed by atoms with Gasteiger partial charge in [-0.15, -0.1) is 0 Å². The number of benzene rings is 1. The molecular formula is C17H15F4N3O2. The Morgan fingerprint density at radius 1 is 0.885 bits per heavy atom. The van der Waals surface area contributed by atoms with E-state index in [9.17, 15) is 27.2 Å². The lowest BCUT2D eigenvalue weighted by molar-refractivity contribution is 0.451. The number of hydrogen-bond donors (Lipinski definition) is 0. The molecule has 9 heteroatoms. The molecule has 0 bridgehead atoms. The maximum absolute atomic E-state index is 15.0. The molecule has 0 saturated carbocycles. The van der Waals surface area contributed by atoms with E-state index in [0.29, 0.717) is 18.9 Å². The normalized spacial score (nSPS) is 11.6. The first-order valence-corrected chi connectivity index (χ1v) is 8.13. The predicted molar refractivity (Wildman–Crippen MR) is 88.2 cm³/mol. The van der Waals surface area contributed by atoms with Gasteiger partial charge in [-0.1, -0.05) is 13.8 Å². The zero-order chi connectivity index (χ0) is 19.2. The molecule has 0 spiro atoms. The Hall–Kier alpha value is -2.71. The molecule has 0 aliphatic heterocycles. The largest absolute Gasteiger partial charge is 0.332 e. The third kappa shape index (κ3) is 2.49. The van der Waals surface area contributed by atoms with Gasteiger partial charge in [0.2, 0.25) is 0 Å². The number of aryl methyl sites for hydroxylation is 1. The van der Waals surface area contributed by atoms with E-state index in [-0.39, 0.29) is 18.7 Å². The van der Waals surface area contributed by atoms with Gasteiger partial charge in [-0.05, 0) is 12.8 Å². The van der Waals surface area contributed by atoms with Crippen LogP contribution in [0.1, 0.15) is 26.7 Å². The van der Waals surface area contributed by atoms with Crippen LogP contribution in [0.2, 0.25) is 0 Å². The van der Waals surface area contributed by atoms with Gasteiger partial charge in [0.05, 0.1) is 10.9 Å². The van der Waals surface area contributed by atoms with Crippen LogP contribution >= 0.6 is 0 Å². The summed E-state index contributed by atoms with van der Waals surface area (Å²) in [5.74, 6) is -6.51. The van der Waals surface area contributed by atoms with E-state index in [0.717, 1.165) is 9.13 Å². The molecule has 3 aromatic rings.